The molecule has 5 rings (SSSR count). The van der Waals surface area contributed by atoms with E-state index in [2.05, 4.69) is 10.0 Å². The minimum Gasteiger partial charge on any atom is -0.341 e. The smallest absolute Gasteiger partial charge is 0.255 e. The Balaban J connectivity index is 1.34. The molecule has 0 radical (unpaired) electrons. The summed E-state index contributed by atoms with van der Waals surface area (Å²) in [6.45, 7) is 2.83. The van der Waals surface area contributed by atoms with Crippen LogP contribution in [0, 0.1) is 6.92 Å². The zero-order chi connectivity index (χ0) is 25.5. The van der Waals surface area contributed by atoms with E-state index in [0.29, 0.717) is 60.8 Å². The second kappa shape index (κ2) is 9.31. The van der Waals surface area contributed by atoms with Crippen molar-refractivity contribution in [3.05, 3.63) is 71.8 Å². The van der Waals surface area contributed by atoms with Gasteiger partial charge in [0.05, 0.1) is 10.4 Å². The van der Waals surface area contributed by atoms with Crippen LogP contribution in [0.5, 0.6) is 0 Å². The van der Waals surface area contributed by atoms with Crippen LogP contribution < -0.4 is 15.8 Å². The second-order valence-corrected chi connectivity index (χ2v) is 11.5. The fraction of sp³-hybridized carbons (Fsp3) is 0.333. The van der Waals surface area contributed by atoms with E-state index in [1.807, 2.05) is 25.1 Å². The molecular formula is C27H30N4O4S. The molecule has 8 nitrogen and oxygen atoms in total. The topological polar surface area (TPSA) is 122 Å². The lowest BCUT2D eigenvalue weighted by molar-refractivity contribution is -0.134. The van der Waals surface area contributed by atoms with Gasteiger partial charge in [-0.05, 0) is 56.4 Å². The van der Waals surface area contributed by atoms with Crippen LogP contribution in [0.1, 0.15) is 41.6 Å². The molecule has 0 spiro atoms. The summed E-state index contributed by atoms with van der Waals surface area (Å²) in [5.41, 5.74) is 7.29. The molecule has 4 N–H and O–H groups in total. The molecule has 3 aromatic carbocycles. The average Bonchev–Trinajstić information content (AvgIpc) is 3.62. The van der Waals surface area contributed by atoms with Gasteiger partial charge in [0.1, 0.15) is 0 Å². The number of aryl methyl sites for hydroxylation is 1. The number of benzene rings is 3. The lowest BCUT2D eigenvalue weighted by Gasteiger charge is -2.33. The third-order valence-corrected chi connectivity index (χ3v) is 8.71. The molecule has 3 aromatic rings. The Hall–Kier alpha value is -3.27. The van der Waals surface area contributed by atoms with Crippen molar-refractivity contribution < 1.29 is 18.0 Å². The number of piperidine rings is 1. The summed E-state index contributed by atoms with van der Waals surface area (Å²) < 4.78 is 29.6. The van der Waals surface area contributed by atoms with Gasteiger partial charge in [-0.2, -0.15) is 0 Å². The van der Waals surface area contributed by atoms with Crippen LogP contribution >= 0.6 is 0 Å². The maximum Gasteiger partial charge on any atom is 0.255 e. The highest BCUT2D eigenvalue weighted by Crippen LogP contribution is 2.35. The molecule has 36 heavy (non-hydrogen) atoms. The van der Waals surface area contributed by atoms with E-state index in [4.69, 9.17) is 5.73 Å². The highest BCUT2D eigenvalue weighted by Gasteiger charge is 2.48. The van der Waals surface area contributed by atoms with Crippen molar-refractivity contribution in [2.75, 3.05) is 18.4 Å². The van der Waals surface area contributed by atoms with Crippen LogP contribution in [-0.4, -0.2) is 49.8 Å². The lowest BCUT2D eigenvalue weighted by atomic mass is 10.0. The van der Waals surface area contributed by atoms with Crippen molar-refractivity contribution in [3.63, 3.8) is 0 Å². The third-order valence-electron chi connectivity index (χ3n) is 7.13. The van der Waals surface area contributed by atoms with Crippen molar-refractivity contribution in [2.45, 2.75) is 49.1 Å². The fourth-order valence-electron chi connectivity index (χ4n) is 4.79. The van der Waals surface area contributed by atoms with E-state index < -0.39 is 15.6 Å². The monoisotopic (exact) mass is 506 g/mol. The molecule has 0 aromatic heterocycles. The Labute approximate surface area is 210 Å². The predicted molar refractivity (Wildman–Crippen MR) is 139 cm³/mol. The number of nitrogens with two attached hydrogens (primary N) is 1. The van der Waals surface area contributed by atoms with E-state index >= 15 is 0 Å². The van der Waals surface area contributed by atoms with Gasteiger partial charge in [0, 0.05) is 41.2 Å². The molecule has 1 heterocycles. The molecule has 1 saturated heterocycles. The Bertz CT molecular complexity index is 1440. The van der Waals surface area contributed by atoms with Gasteiger partial charge in [-0.25, -0.2) is 13.1 Å². The molecule has 1 aliphatic heterocycles. The minimum atomic E-state index is -3.84. The summed E-state index contributed by atoms with van der Waals surface area (Å²) in [6, 6.07) is 17.3. The van der Waals surface area contributed by atoms with Crippen molar-refractivity contribution >= 4 is 38.3 Å². The number of rotatable bonds is 6. The van der Waals surface area contributed by atoms with Crippen LogP contribution in [0.4, 0.5) is 5.69 Å². The molecule has 188 valence electrons. The van der Waals surface area contributed by atoms with Crippen LogP contribution in [0.3, 0.4) is 0 Å². The Kier molecular flexibility index (Phi) is 6.32. The first kappa shape index (κ1) is 24.4. The summed E-state index contributed by atoms with van der Waals surface area (Å²) in [6.07, 6.45) is 2.49. The first-order valence-corrected chi connectivity index (χ1v) is 13.7. The summed E-state index contributed by atoms with van der Waals surface area (Å²) in [4.78, 5) is 27.3. The average molecular weight is 507 g/mol. The van der Waals surface area contributed by atoms with E-state index in [0.717, 1.165) is 5.56 Å². The molecule has 0 unspecified atom stereocenters. The molecule has 0 atom stereocenters. The van der Waals surface area contributed by atoms with E-state index in [1.165, 1.54) is 0 Å². The quantitative estimate of drug-likeness (QED) is 0.474. The summed E-state index contributed by atoms with van der Waals surface area (Å²) >= 11 is 0. The predicted octanol–water partition coefficient (Wildman–Crippen LogP) is 3.16. The SMILES string of the molecule is Cc1ccccc1C(=O)Nc1cccc2c(S(=O)(=O)NC3CCN(C(=O)C4(N)CC4)CC3)cccc12. The first-order chi connectivity index (χ1) is 17.2. The zero-order valence-electron chi connectivity index (χ0n) is 20.2. The number of carbonyl (C=O) groups is 2. The van der Waals surface area contributed by atoms with Gasteiger partial charge in [0.25, 0.3) is 5.91 Å². The number of nitrogens with zero attached hydrogens (tertiary/aromatic N) is 1. The molecule has 2 fully saturated rings. The van der Waals surface area contributed by atoms with Crippen LogP contribution in [0.25, 0.3) is 10.8 Å². The molecule has 0 bridgehead atoms. The number of hydrogen-bond acceptors (Lipinski definition) is 5. The second-order valence-electron chi connectivity index (χ2n) is 9.77. The number of nitrogens with one attached hydrogen (secondary N) is 2. The number of likely N-dealkylation sites (tertiary alicyclic amines) is 1. The van der Waals surface area contributed by atoms with Crippen LogP contribution in [0.15, 0.2) is 65.6 Å². The summed E-state index contributed by atoms with van der Waals surface area (Å²) in [5.74, 6) is -0.281. The van der Waals surface area contributed by atoms with Gasteiger partial charge in [0.15, 0.2) is 0 Å². The van der Waals surface area contributed by atoms with Gasteiger partial charge >= 0.3 is 0 Å². The minimum absolute atomic E-state index is 0.0295. The molecule has 2 aliphatic rings. The summed E-state index contributed by atoms with van der Waals surface area (Å²) in [5, 5.41) is 4.10. The lowest BCUT2D eigenvalue weighted by Crippen LogP contribution is -2.51. The Morgan fingerprint density at radius 2 is 1.61 bits per heavy atom. The number of sulfonamides is 1. The third kappa shape index (κ3) is 4.74. The maximum absolute atomic E-state index is 13.4. The van der Waals surface area contributed by atoms with Crippen molar-refractivity contribution in [1.29, 1.82) is 0 Å². The van der Waals surface area contributed by atoms with Crippen LogP contribution in [0.2, 0.25) is 0 Å². The van der Waals surface area contributed by atoms with Gasteiger partial charge in [0.2, 0.25) is 15.9 Å². The Morgan fingerprint density at radius 1 is 0.944 bits per heavy atom. The van der Waals surface area contributed by atoms with Gasteiger partial charge in [-0.15, -0.1) is 0 Å². The molecular weight excluding hydrogens is 476 g/mol. The number of hydrogen-bond donors (Lipinski definition) is 3. The zero-order valence-corrected chi connectivity index (χ0v) is 21.0. The molecule has 1 saturated carbocycles. The van der Waals surface area contributed by atoms with Crippen LogP contribution in [-0.2, 0) is 14.8 Å². The van der Waals surface area contributed by atoms with Gasteiger partial charge in [-0.3, -0.25) is 9.59 Å². The number of anilines is 1. The summed E-state index contributed by atoms with van der Waals surface area (Å²) in [7, 11) is -3.84. The van der Waals surface area contributed by atoms with E-state index in [1.54, 1.807) is 47.4 Å². The van der Waals surface area contributed by atoms with Crippen molar-refractivity contribution in [3.8, 4) is 0 Å². The van der Waals surface area contributed by atoms with E-state index in [-0.39, 0.29) is 22.8 Å². The number of amides is 2. The highest BCUT2D eigenvalue weighted by molar-refractivity contribution is 7.89. The molecule has 1 aliphatic carbocycles. The Morgan fingerprint density at radius 3 is 2.31 bits per heavy atom. The largest absolute Gasteiger partial charge is 0.341 e. The number of carbonyl (C=O) groups excluding carboxylic acids is 2. The normalized spacial score (nSPS) is 17.7. The van der Waals surface area contributed by atoms with Gasteiger partial charge < -0.3 is 16.0 Å². The van der Waals surface area contributed by atoms with Crippen molar-refractivity contribution in [1.82, 2.24) is 9.62 Å². The standard InChI is InChI=1S/C27H30N4O4S/c1-18-6-2-3-7-20(18)25(32)29-23-10-4-9-22-21(23)8-5-11-24(22)36(34,35)30-19-12-16-31(17-13-19)26(33)27(28)14-15-27/h2-11,19,30H,12-17,28H2,1H3,(H,29,32). The molecule has 9 heteroatoms. The van der Waals surface area contributed by atoms with Crippen molar-refractivity contribution in [2.24, 2.45) is 5.73 Å². The highest BCUT2D eigenvalue weighted by atomic mass is 32.2. The maximum atomic E-state index is 13.4. The number of fused-ring (bicyclic) bond motifs is 1. The first-order valence-electron chi connectivity index (χ1n) is 12.2. The molecule has 2 amide bonds. The fourth-order valence-corrected chi connectivity index (χ4v) is 6.32. The van der Waals surface area contributed by atoms with Gasteiger partial charge in [-0.1, -0.05) is 42.5 Å². The van der Waals surface area contributed by atoms with E-state index in [9.17, 15) is 18.0 Å².